The number of amides is 1. The Labute approximate surface area is 98.5 Å². The summed E-state index contributed by atoms with van der Waals surface area (Å²) in [6.07, 6.45) is 2.02. The van der Waals surface area contributed by atoms with Crippen LogP contribution in [-0.4, -0.2) is 61.6 Å². The predicted octanol–water partition coefficient (Wildman–Crippen LogP) is 0.966. The molecule has 0 aromatic rings. The van der Waals surface area contributed by atoms with Crippen LogP contribution in [0.5, 0.6) is 0 Å². The second-order valence-corrected chi connectivity index (χ2v) is 4.60. The van der Waals surface area contributed by atoms with Crippen molar-refractivity contribution in [1.82, 2.24) is 9.80 Å². The first-order valence-corrected chi connectivity index (χ1v) is 6.21. The van der Waals surface area contributed by atoms with Gasteiger partial charge in [-0.15, -0.1) is 0 Å². The van der Waals surface area contributed by atoms with Crippen LogP contribution >= 0.6 is 0 Å². The van der Waals surface area contributed by atoms with E-state index in [1.807, 2.05) is 11.8 Å². The number of hydrogen-bond donors (Lipinski definition) is 0. The molecule has 1 aliphatic heterocycles. The molecule has 1 amide bonds. The Bertz CT molecular complexity index is 221. The van der Waals surface area contributed by atoms with E-state index in [1.54, 1.807) is 0 Å². The van der Waals surface area contributed by atoms with E-state index in [-0.39, 0.29) is 12.5 Å². The lowest BCUT2D eigenvalue weighted by Gasteiger charge is -2.27. The first kappa shape index (κ1) is 13.5. The summed E-state index contributed by atoms with van der Waals surface area (Å²) >= 11 is 0. The van der Waals surface area contributed by atoms with Crippen LogP contribution in [0.25, 0.3) is 0 Å². The van der Waals surface area contributed by atoms with Gasteiger partial charge in [-0.3, -0.25) is 4.79 Å². The Kier molecular flexibility index (Phi) is 5.77. The molecule has 1 unspecified atom stereocenters. The number of likely N-dealkylation sites (N-methyl/N-ethyl adjacent to an activating group) is 1. The van der Waals surface area contributed by atoms with Crippen molar-refractivity contribution in [3.05, 3.63) is 0 Å². The zero-order valence-electron chi connectivity index (χ0n) is 10.7. The lowest BCUT2D eigenvalue weighted by Crippen LogP contribution is -2.43. The third-order valence-electron chi connectivity index (χ3n) is 2.94. The summed E-state index contributed by atoms with van der Waals surface area (Å²) in [5.74, 6) is 0.135. The average molecular weight is 228 g/mol. The van der Waals surface area contributed by atoms with Crippen LogP contribution < -0.4 is 0 Å². The van der Waals surface area contributed by atoms with E-state index in [0.29, 0.717) is 12.6 Å². The van der Waals surface area contributed by atoms with E-state index in [9.17, 15) is 4.79 Å². The van der Waals surface area contributed by atoms with E-state index in [4.69, 9.17) is 4.74 Å². The highest BCUT2D eigenvalue weighted by molar-refractivity contribution is 5.77. The van der Waals surface area contributed by atoms with Crippen molar-refractivity contribution in [2.75, 3.05) is 39.9 Å². The Morgan fingerprint density at radius 1 is 1.44 bits per heavy atom. The van der Waals surface area contributed by atoms with Crippen molar-refractivity contribution in [3.8, 4) is 0 Å². The van der Waals surface area contributed by atoms with E-state index in [2.05, 4.69) is 18.9 Å². The third kappa shape index (κ3) is 4.10. The molecule has 4 nitrogen and oxygen atoms in total. The Hall–Kier alpha value is -0.610. The molecule has 1 atom stereocenters. The SMILES string of the molecule is CCCOCC(=O)N1CCCN(C)CC1C. The zero-order chi connectivity index (χ0) is 12.0. The van der Waals surface area contributed by atoms with E-state index in [1.165, 1.54) is 0 Å². The summed E-state index contributed by atoms with van der Waals surface area (Å²) in [6.45, 7) is 7.96. The maximum atomic E-state index is 11.9. The molecule has 94 valence electrons. The molecule has 0 bridgehead atoms. The Balaban J connectivity index is 2.40. The van der Waals surface area contributed by atoms with Crippen molar-refractivity contribution in [3.63, 3.8) is 0 Å². The third-order valence-corrected chi connectivity index (χ3v) is 2.94. The quantitative estimate of drug-likeness (QED) is 0.672. The smallest absolute Gasteiger partial charge is 0.248 e. The number of carbonyl (C=O) groups excluding carboxylic acids is 1. The van der Waals surface area contributed by atoms with Crippen LogP contribution in [-0.2, 0) is 9.53 Å². The largest absolute Gasteiger partial charge is 0.372 e. The molecular weight excluding hydrogens is 204 g/mol. The lowest BCUT2D eigenvalue weighted by molar-refractivity contribution is -0.138. The van der Waals surface area contributed by atoms with Crippen molar-refractivity contribution in [2.45, 2.75) is 32.7 Å². The van der Waals surface area contributed by atoms with Gasteiger partial charge in [0, 0.05) is 25.7 Å². The van der Waals surface area contributed by atoms with Crippen LogP contribution in [0.2, 0.25) is 0 Å². The van der Waals surface area contributed by atoms with Gasteiger partial charge >= 0.3 is 0 Å². The first-order chi connectivity index (χ1) is 7.65. The van der Waals surface area contributed by atoms with Gasteiger partial charge in [-0.25, -0.2) is 0 Å². The van der Waals surface area contributed by atoms with Gasteiger partial charge < -0.3 is 14.5 Å². The van der Waals surface area contributed by atoms with Crippen LogP contribution in [0.15, 0.2) is 0 Å². The van der Waals surface area contributed by atoms with Crippen LogP contribution in [0.1, 0.15) is 26.7 Å². The maximum absolute atomic E-state index is 11.9. The molecule has 0 N–H and O–H groups in total. The monoisotopic (exact) mass is 228 g/mol. The minimum Gasteiger partial charge on any atom is -0.372 e. The molecule has 1 heterocycles. The Morgan fingerprint density at radius 2 is 2.19 bits per heavy atom. The molecule has 0 aliphatic carbocycles. The second kappa shape index (κ2) is 6.86. The highest BCUT2D eigenvalue weighted by Gasteiger charge is 2.23. The second-order valence-electron chi connectivity index (χ2n) is 4.60. The fourth-order valence-corrected chi connectivity index (χ4v) is 2.13. The molecule has 0 aromatic carbocycles. The highest BCUT2D eigenvalue weighted by Crippen LogP contribution is 2.08. The minimum absolute atomic E-state index is 0.135. The van der Waals surface area contributed by atoms with Crippen molar-refractivity contribution in [2.24, 2.45) is 0 Å². The number of hydrogen-bond acceptors (Lipinski definition) is 3. The minimum atomic E-state index is 0.135. The molecule has 4 heteroatoms. The number of nitrogens with zero attached hydrogens (tertiary/aromatic N) is 2. The van der Waals surface area contributed by atoms with Crippen LogP contribution in [0, 0.1) is 0 Å². The molecule has 0 aromatic heterocycles. The average Bonchev–Trinajstić information content (AvgIpc) is 2.39. The topological polar surface area (TPSA) is 32.8 Å². The standard InChI is InChI=1S/C12H24N2O2/c1-4-8-16-10-12(15)14-7-5-6-13(3)9-11(14)2/h11H,4-10H2,1-3H3. The van der Waals surface area contributed by atoms with Crippen molar-refractivity contribution >= 4 is 5.91 Å². The van der Waals surface area contributed by atoms with E-state index in [0.717, 1.165) is 32.5 Å². The van der Waals surface area contributed by atoms with Gasteiger partial charge in [-0.2, -0.15) is 0 Å². The molecule has 1 rings (SSSR count). The van der Waals surface area contributed by atoms with Crippen LogP contribution in [0.4, 0.5) is 0 Å². The highest BCUT2D eigenvalue weighted by atomic mass is 16.5. The van der Waals surface area contributed by atoms with Gasteiger partial charge in [0.1, 0.15) is 6.61 Å². The fraction of sp³-hybridized carbons (Fsp3) is 0.917. The van der Waals surface area contributed by atoms with Gasteiger partial charge in [0.15, 0.2) is 0 Å². The van der Waals surface area contributed by atoms with Gasteiger partial charge in [0.05, 0.1) is 0 Å². The number of ether oxygens (including phenoxy) is 1. The molecule has 0 spiro atoms. The van der Waals surface area contributed by atoms with Gasteiger partial charge in [-0.1, -0.05) is 6.92 Å². The normalized spacial score (nSPS) is 23.2. The molecule has 1 saturated heterocycles. The molecule has 1 fully saturated rings. The molecule has 16 heavy (non-hydrogen) atoms. The molecule has 0 radical (unpaired) electrons. The van der Waals surface area contributed by atoms with Gasteiger partial charge in [0.25, 0.3) is 0 Å². The van der Waals surface area contributed by atoms with E-state index < -0.39 is 0 Å². The van der Waals surface area contributed by atoms with Crippen LogP contribution in [0.3, 0.4) is 0 Å². The lowest BCUT2D eigenvalue weighted by atomic mass is 10.2. The predicted molar refractivity (Wildman–Crippen MR) is 64.4 cm³/mol. The first-order valence-electron chi connectivity index (χ1n) is 6.21. The van der Waals surface area contributed by atoms with E-state index >= 15 is 0 Å². The summed E-state index contributed by atoms with van der Waals surface area (Å²) < 4.78 is 5.31. The number of rotatable bonds is 4. The van der Waals surface area contributed by atoms with Crippen molar-refractivity contribution in [1.29, 1.82) is 0 Å². The Morgan fingerprint density at radius 3 is 2.88 bits per heavy atom. The van der Waals surface area contributed by atoms with Crippen molar-refractivity contribution < 1.29 is 9.53 Å². The summed E-state index contributed by atoms with van der Waals surface area (Å²) in [7, 11) is 2.11. The maximum Gasteiger partial charge on any atom is 0.248 e. The number of carbonyl (C=O) groups is 1. The summed E-state index contributed by atoms with van der Waals surface area (Å²) in [4.78, 5) is 16.2. The summed E-state index contributed by atoms with van der Waals surface area (Å²) in [5.41, 5.74) is 0. The fourth-order valence-electron chi connectivity index (χ4n) is 2.13. The summed E-state index contributed by atoms with van der Waals surface area (Å²) in [5, 5.41) is 0. The molecule has 0 saturated carbocycles. The zero-order valence-corrected chi connectivity index (χ0v) is 10.7. The molecule has 1 aliphatic rings. The molecular formula is C12H24N2O2. The summed E-state index contributed by atoms with van der Waals surface area (Å²) in [6, 6.07) is 0.297. The van der Waals surface area contributed by atoms with Gasteiger partial charge in [-0.05, 0) is 33.4 Å². The van der Waals surface area contributed by atoms with Gasteiger partial charge in [0.2, 0.25) is 5.91 Å².